The summed E-state index contributed by atoms with van der Waals surface area (Å²) in [6.45, 7) is 5.83. The summed E-state index contributed by atoms with van der Waals surface area (Å²) in [5.74, 6) is 0. The topological polar surface area (TPSA) is 73.0 Å². The van der Waals surface area contributed by atoms with Gasteiger partial charge in [0.2, 0.25) is 0 Å². The van der Waals surface area contributed by atoms with Gasteiger partial charge in [-0.15, -0.1) is 0 Å². The van der Waals surface area contributed by atoms with Gasteiger partial charge < -0.3 is 5.32 Å². The van der Waals surface area contributed by atoms with Crippen LogP contribution in [0.5, 0.6) is 0 Å². The fraction of sp³-hybridized carbons (Fsp3) is 0.400. The van der Waals surface area contributed by atoms with Gasteiger partial charge >= 0.3 is 0 Å². The molecule has 7 heteroatoms. The second-order valence-corrected chi connectivity index (χ2v) is 6.07. The number of nitro benzene ring substituents is 1. The quantitative estimate of drug-likeness (QED) is 0.695. The third-order valence-electron chi connectivity index (χ3n) is 3.86. The number of fused-ring (bicyclic) bond motifs is 1. The molecule has 0 fully saturated rings. The minimum absolute atomic E-state index is 0.0872. The van der Waals surface area contributed by atoms with Crippen molar-refractivity contribution >= 4 is 17.3 Å². The van der Waals surface area contributed by atoms with Crippen molar-refractivity contribution in [2.24, 2.45) is 0 Å². The lowest BCUT2D eigenvalue weighted by atomic mass is 10.0. The van der Waals surface area contributed by atoms with Crippen molar-refractivity contribution < 1.29 is 4.92 Å². The van der Waals surface area contributed by atoms with Crippen LogP contribution in [-0.4, -0.2) is 21.2 Å². The van der Waals surface area contributed by atoms with E-state index in [9.17, 15) is 10.1 Å². The van der Waals surface area contributed by atoms with Crippen LogP contribution in [0, 0.1) is 10.1 Å². The Kier molecular flexibility index (Phi) is 3.88. The zero-order valence-electron chi connectivity index (χ0n) is 12.5. The van der Waals surface area contributed by atoms with Gasteiger partial charge in [-0.05, 0) is 19.9 Å². The van der Waals surface area contributed by atoms with Crippen LogP contribution in [-0.2, 0) is 13.0 Å². The Bertz CT molecular complexity index is 739. The summed E-state index contributed by atoms with van der Waals surface area (Å²) >= 11 is 5.90. The molecule has 0 saturated carbocycles. The Balaban J connectivity index is 2.16. The Morgan fingerprint density at radius 1 is 1.45 bits per heavy atom. The van der Waals surface area contributed by atoms with E-state index < -0.39 is 4.92 Å². The molecule has 116 valence electrons. The minimum Gasteiger partial charge on any atom is -0.312 e. The van der Waals surface area contributed by atoms with Crippen molar-refractivity contribution in [3.63, 3.8) is 0 Å². The Morgan fingerprint density at radius 3 is 2.91 bits per heavy atom. The van der Waals surface area contributed by atoms with E-state index in [0.717, 1.165) is 36.3 Å². The first-order chi connectivity index (χ1) is 10.5. The Morgan fingerprint density at radius 2 is 2.23 bits per heavy atom. The van der Waals surface area contributed by atoms with Gasteiger partial charge in [0.05, 0.1) is 10.6 Å². The van der Waals surface area contributed by atoms with Crippen LogP contribution < -0.4 is 5.32 Å². The van der Waals surface area contributed by atoms with E-state index in [0.29, 0.717) is 0 Å². The first kappa shape index (κ1) is 15.0. The summed E-state index contributed by atoms with van der Waals surface area (Å²) in [4.78, 5) is 10.6. The molecule has 2 aromatic rings. The molecule has 0 radical (unpaired) electrons. The molecule has 0 spiro atoms. The highest BCUT2D eigenvalue weighted by molar-refractivity contribution is 6.32. The van der Waals surface area contributed by atoms with Crippen molar-refractivity contribution in [3.05, 3.63) is 44.6 Å². The monoisotopic (exact) mass is 320 g/mol. The standard InChI is InChI=1S/C15H17ClN4O2/c1-9(2)19-13-5-6-17-8-11(13)15(18-19)10-3-4-12(16)14(7-10)20(21)22/h3-4,7,9,17H,5-6,8H2,1-2H3. The van der Waals surface area contributed by atoms with Crippen LogP contribution in [0.25, 0.3) is 11.3 Å². The molecule has 22 heavy (non-hydrogen) atoms. The summed E-state index contributed by atoms with van der Waals surface area (Å²) in [6, 6.07) is 5.11. The summed E-state index contributed by atoms with van der Waals surface area (Å²) in [5.41, 5.74) is 3.78. The first-order valence-electron chi connectivity index (χ1n) is 7.24. The van der Waals surface area contributed by atoms with E-state index in [1.165, 1.54) is 11.8 Å². The Labute approximate surface area is 133 Å². The van der Waals surface area contributed by atoms with Crippen LogP contribution in [0.3, 0.4) is 0 Å². The molecular formula is C15H17ClN4O2. The smallest absolute Gasteiger partial charge is 0.288 e. The van der Waals surface area contributed by atoms with E-state index >= 15 is 0 Å². The molecule has 0 amide bonds. The Hall–Kier alpha value is -1.92. The third kappa shape index (κ3) is 2.48. The SMILES string of the molecule is CC(C)n1nc(-c2ccc(Cl)c([N+](=O)[O-])c2)c2c1CCNC2. The fourth-order valence-electron chi connectivity index (χ4n) is 2.83. The van der Waals surface area contributed by atoms with Crippen LogP contribution in [0.2, 0.25) is 5.02 Å². The number of benzene rings is 1. The van der Waals surface area contributed by atoms with Crippen molar-refractivity contribution in [2.45, 2.75) is 32.9 Å². The number of halogens is 1. The predicted molar refractivity (Wildman–Crippen MR) is 85.1 cm³/mol. The highest BCUT2D eigenvalue weighted by Crippen LogP contribution is 2.34. The van der Waals surface area contributed by atoms with Gasteiger partial charge in [-0.2, -0.15) is 5.10 Å². The number of nitrogens with one attached hydrogen (secondary N) is 1. The maximum absolute atomic E-state index is 11.1. The second-order valence-electron chi connectivity index (χ2n) is 5.66. The first-order valence-corrected chi connectivity index (χ1v) is 7.62. The highest BCUT2D eigenvalue weighted by atomic mass is 35.5. The van der Waals surface area contributed by atoms with Gasteiger partial charge in [-0.3, -0.25) is 14.8 Å². The lowest BCUT2D eigenvalue weighted by molar-refractivity contribution is -0.384. The molecule has 1 N–H and O–H groups in total. The minimum atomic E-state index is -0.462. The maximum Gasteiger partial charge on any atom is 0.288 e. The molecule has 1 aromatic heterocycles. The predicted octanol–water partition coefficient (Wildman–Crippen LogP) is 3.34. The van der Waals surface area contributed by atoms with Crippen molar-refractivity contribution in [1.82, 2.24) is 15.1 Å². The molecule has 0 aliphatic carbocycles. The molecule has 3 rings (SSSR count). The number of hydrogen-bond donors (Lipinski definition) is 1. The molecule has 0 unspecified atom stereocenters. The number of nitro groups is 1. The summed E-state index contributed by atoms with van der Waals surface area (Å²) < 4.78 is 2.02. The van der Waals surface area contributed by atoms with Crippen molar-refractivity contribution in [2.75, 3.05) is 6.54 Å². The maximum atomic E-state index is 11.1. The average molecular weight is 321 g/mol. The molecular weight excluding hydrogens is 304 g/mol. The van der Waals surface area contributed by atoms with Gasteiger partial charge in [0.1, 0.15) is 5.02 Å². The van der Waals surface area contributed by atoms with Gasteiger partial charge in [0.15, 0.2) is 0 Å². The zero-order valence-corrected chi connectivity index (χ0v) is 13.2. The summed E-state index contributed by atoms with van der Waals surface area (Å²) in [6.07, 6.45) is 0.913. The lowest BCUT2D eigenvalue weighted by Gasteiger charge is -2.17. The van der Waals surface area contributed by atoms with Gasteiger partial charge in [0, 0.05) is 48.4 Å². The summed E-state index contributed by atoms with van der Waals surface area (Å²) in [5, 5.41) is 19.3. The van der Waals surface area contributed by atoms with Gasteiger partial charge in [-0.25, -0.2) is 0 Å². The normalized spacial score (nSPS) is 14.2. The molecule has 6 nitrogen and oxygen atoms in total. The molecule has 1 aromatic carbocycles. The molecule has 1 aliphatic heterocycles. The van der Waals surface area contributed by atoms with Crippen LogP contribution in [0.15, 0.2) is 18.2 Å². The molecule has 2 heterocycles. The lowest BCUT2D eigenvalue weighted by Crippen LogP contribution is -2.25. The largest absolute Gasteiger partial charge is 0.312 e. The van der Waals surface area contributed by atoms with E-state index in [1.54, 1.807) is 12.1 Å². The average Bonchev–Trinajstić information content (AvgIpc) is 2.87. The molecule has 0 saturated heterocycles. The molecule has 1 aliphatic rings. The highest BCUT2D eigenvalue weighted by Gasteiger charge is 2.24. The summed E-state index contributed by atoms with van der Waals surface area (Å²) in [7, 11) is 0. The van der Waals surface area contributed by atoms with Crippen LogP contribution in [0.4, 0.5) is 5.69 Å². The number of hydrogen-bond acceptors (Lipinski definition) is 4. The van der Waals surface area contributed by atoms with E-state index in [2.05, 4.69) is 19.2 Å². The van der Waals surface area contributed by atoms with Crippen LogP contribution in [0.1, 0.15) is 31.1 Å². The number of rotatable bonds is 3. The van der Waals surface area contributed by atoms with Crippen molar-refractivity contribution in [3.8, 4) is 11.3 Å². The second kappa shape index (κ2) is 5.70. The molecule has 0 atom stereocenters. The van der Waals surface area contributed by atoms with Crippen LogP contribution >= 0.6 is 11.6 Å². The van der Waals surface area contributed by atoms with Crippen molar-refractivity contribution in [1.29, 1.82) is 0 Å². The van der Waals surface area contributed by atoms with E-state index in [-0.39, 0.29) is 16.8 Å². The van der Waals surface area contributed by atoms with Gasteiger partial charge in [-0.1, -0.05) is 17.7 Å². The number of aromatic nitrogens is 2. The van der Waals surface area contributed by atoms with Gasteiger partial charge in [0.25, 0.3) is 5.69 Å². The third-order valence-corrected chi connectivity index (χ3v) is 4.18. The fourth-order valence-corrected chi connectivity index (χ4v) is 3.02. The number of nitrogens with zero attached hydrogens (tertiary/aromatic N) is 3. The van der Waals surface area contributed by atoms with E-state index in [4.69, 9.17) is 16.7 Å². The van der Waals surface area contributed by atoms with E-state index in [1.807, 2.05) is 4.68 Å². The molecule has 0 bridgehead atoms. The zero-order chi connectivity index (χ0) is 15.9.